The van der Waals surface area contributed by atoms with Crippen LogP contribution >= 0.6 is 0 Å². The summed E-state index contributed by atoms with van der Waals surface area (Å²) in [6.07, 6.45) is 5.34. The number of nitrogens with zero attached hydrogens (tertiary/aromatic N) is 3. The zero-order valence-corrected chi connectivity index (χ0v) is 15.7. The first kappa shape index (κ1) is 18.5. The van der Waals surface area contributed by atoms with Gasteiger partial charge in [0, 0.05) is 51.9 Å². The molecule has 5 heteroatoms. The van der Waals surface area contributed by atoms with Gasteiger partial charge in [0.1, 0.15) is 0 Å². The fraction of sp³-hybridized carbons (Fsp3) is 0.944. The highest BCUT2D eigenvalue weighted by Gasteiger charge is 2.34. The van der Waals surface area contributed by atoms with Crippen molar-refractivity contribution < 1.29 is 0 Å². The van der Waals surface area contributed by atoms with Crippen LogP contribution in [0.2, 0.25) is 0 Å². The second-order valence-corrected chi connectivity index (χ2v) is 7.47. The van der Waals surface area contributed by atoms with E-state index in [1.807, 2.05) is 0 Å². The van der Waals surface area contributed by atoms with Gasteiger partial charge in [-0.2, -0.15) is 0 Å². The van der Waals surface area contributed by atoms with E-state index in [1.165, 1.54) is 51.9 Å². The van der Waals surface area contributed by atoms with E-state index in [-0.39, 0.29) is 0 Å². The van der Waals surface area contributed by atoms with E-state index in [9.17, 15) is 0 Å². The molecule has 134 valence electrons. The van der Waals surface area contributed by atoms with Crippen LogP contribution in [0.5, 0.6) is 0 Å². The lowest BCUT2D eigenvalue weighted by Crippen LogP contribution is -2.52. The highest BCUT2D eigenvalue weighted by atomic mass is 15.3. The third kappa shape index (κ3) is 5.35. The molecular formula is C18H37N5. The van der Waals surface area contributed by atoms with Gasteiger partial charge in [-0.25, -0.2) is 0 Å². The average molecular weight is 324 g/mol. The zero-order chi connectivity index (χ0) is 16.7. The smallest absolute Gasteiger partial charge is 0.191 e. The van der Waals surface area contributed by atoms with Gasteiger partial charge in [0.25, 0.3) is 0 Å². The highest BCUT2D eigenvalue weighted by molar-refractivity contribution is 5.79. The second-order valence-electron chi connectivity index (χ2n) is 7.47. The predicted molar refractivity (Wildman–Crippen MR) is 99.1 cm³/mol. The average Bonchev–Trinajstić information content (AvgIpc) is 2.52. The van der Waals surface area contributed by atoms with Crippen LogP contribution in [-0.4, -0.2) is 74.7 Å². The van der Waals surface area contributed by atoms with Gasteiger partial charge in [-0.1, -0.05) is 13.3 Å². The molecule has 0 aromatic carbocycles. The van der Waals surface area contributed by atoms with Crippen molar-refractivity contribution in [3.8, 4) is 0 Å². The Kier molecular flexibility index (Phi) is 7.15. The van der Waals surface area contributed by atoms with E-state index < -0.39 is 0 Å². The summed E-state index contributed by atoms with van der Waals surface area (Å²) in [6, 6.07) is 0.552. The number of hydrogen-bond acceptors (Lipinski definition) is 3. The molecule has 1 saturated carbocycles. The molecule has 5 nitrogen and oxygen atoms in total. The number of piperazine rings is 1. The summed E-state index contributed by atoms with van der Waals surface area (Å²) in [7, 11) is 2.21. The summed E-state index contributed by atoms with van der Waals surface area (Å²) in [5.74, 6) is 0.994. The lowest BCUT2D eigenvalue weighted by Gasteiger charge is -2.40. The fourth-order valence-corrected chi connectivity index (χ4v) is 3.52. The maximum absolute atomic E-state index is 4.88. The number of aliphatic imine (C=N–C) groups is 1. The van der Waals surface area contributed by atoms with Crippen LogP contribution in [-0.2, 0) is 0 Å². The van der Waals surface area contributed by atoms with Gasteiger partial charge in [0.2, 0.25) is 0 Å². The second kappa shape index (κ2) is 8.88. The molecule has 1 saturated heterocycles. The van der Waals surface area contributed by atoms with Crippen LogP contribution in [0.25, 0.3) is 0 Å². The molecule has 0 aromatic heterocycles. The third-order valence-corrected chi connectivity index (χ3v) is 5.81. The normalized spacial score (nSPS) is 24.1. The molecule has 2 N–H and O–H groups in total. The van der Waals surface area contributed by atoms with E-state index in [0.29, 0.717) is 11.5 Å². The van der Waals surface area contributed by atoms with Gasteiger partial charge in [0.15, 0.2) is 5.96 Å². The SMILES string of the molecule is CCNC(=NCC1(CC)CCC1)NCC(C)N1CCN(C)CC1. The van der Waals surface area contributed by atoms with Crippen molar-refractivity contribution in [3.05, 3.63) is 0 Å². The molecule has 1 unspecified atom stereocenters. The highest BCUT2D eigenvalue weighted by Crippen LogP contribution is 2.43. The van der Waals surface area contributed by atoms with Crippen LogP contribution in [0.4, 0.5) is 0 Å². The molecule has 1 aliphatic carbocycles. The first-order chi connectivity index (χ1) is 11.1. The lowest BCUT2D eigenvalue weighted by molar-refractivity contribution is 0.120. The van der Waals surface area contributed by atoms with Gasteiger partial charge < -0.3 is 15.5 Å². The van der Waals surface area contributed by atoms with E-state index in [2.05, 4.69) is 48.3 Å². The quantitative estimate of drug-likeness (QED) is 0.553. The zero-order valence-electron chi connectivity index (χ0n) is 15.7. The van der Waals surface area contributed by atoms with Gasteiger partial charge in [-0.15, -0.1) is 0 Å². The molecule has 2 aliphatic rings. The topological polar surface area (TPSA) is 42.9 Å². The first-order valence-corrected chi connectivity index (χ1v) is 9.53. The monoisotopic (exact) mass is 323 g/mol. The Bertz CT molecular complexity index is 364. The van der Waals surface area contributed by atoms with Gasteiger partial charge in [-0.05, 0) is 45.6 Å². The Hall–Kier alpha value is -0.810. The molecule has 0 spiro atoms. The summed E-state index contributed by atoms with van der Waals surface area (Å²) in [5.41, 5.74) is 0.491. The van der Waals surface area contributed by atoms with Crippen molar-refractivity contribution in [2.75, 3.05) is 52.9 Å². The van der Waals surface area contributed by atoms with Crippen molar-refractivity contribution in [2.24, 2.45) is 10.4 Å². The Morgan fingerprint density at radius 3 is 2.35 bits per heavy atom. The number of rotatable bonds is 7. The van der Waals surface area contributed by atoms with Crippen LogP contribution < -0.4 is 10.6 Å². The van der Waals surface area contributed by atoms with Gasteiger partial charge >= 0.3 is 0 Å². The number of hydrogen-bond donors (Lipinski definition) is 2. The fourth-order valence-electron chi connectivity index (χ4n) is 3.52. The minimum absolute atomic E-state index is 0.491. The number of guanidine groups is 1. The van der Waals surface area contributed by atoms with Crippen LogP contribution in [0.1, 0.15) is 46.5 Å². The molecule has 2 fully saturated rings. The Morgan fingerprint density at radius 1 is 1.13 bits per heavy atom. The lowest BCUT2D eigenvalue weighted by atomic mass is 9.67. The van der Waals surface area contributed by atoms with E-state index in [1.54, 1.807) is 0 Å². The van der Waals surface area contributed by atoms with Crippen molar-refractivity contribution >= 4 is 5.96 Å². The maximum Gasteiger partial charge on any atom is 0.191 e. The Labute approximate surface area is 142 Å². The molecule has 0 aromatic rings. The summed E-state index contributed by atoms with van der Waals surface area (Å²) >= 11 is 0. The minimum atomic E-state index is 0.491. The number of likely N-dealkylation sites (N-methyl/N-ethyl adjacent to an activating group) is 1. The van der Waals surface area contributed by atoms with Crippen molar-refractivity contribution in [1.29, 1.82) is 0 Å². The molecule has 1 heterocycles. The van der Waals surface area contributed by atoms with E-state index >= 15 is 0 Å². The van der Waals surface area contributed by atoms with Gasteiger partial charge in [0.05, 0.1) is 0 Å². The first-order valence-electron chi connectivity index (χ1n) is 9.53. The molecule has 0 bridgehead atoms. The van der Waals surface area contributed by atoms with E-state index in [4.69, 9.17) is 4.99 Å². The Balaban J connectivity index is 1.79. The maximum atomic E-state index is 4.88. The summed E-state index contributed by atoms with van der Waals surface area (Å²) in [5, 5.41) is 6.96. The van der Waals surface area contributed by atoms with Crippen LogP contribution in [0.3, 0.4) is 0 Å². The standard InChI is InChI=1S/C18H37N5/c1-5-18(8-7-9-18)15-21-17(19-6-2)20-14-16(3)23-12-10-22(4)11-13-23/h16H,5-15H2,1-4H3,(H2,19,20,21). The van der Waals surface area contributed by atoms with Crippen LogP contribution in [0.15, 0.2) is 4.99 Å². The largest absolute Gasteiger partial charge is 0.357 e. The molecule has 1 atom stereocenters. The minimum Gasteiger partial charge on any atom is -0.357 e. The number of nitrogens with one attached hydrogen (secondary N) is 2. The summed E-state index contributed by atoms with van der Waals surface area (Å²) in [6.45, 7) is 14.3. The molecule has 0 amide bonds. The molecule has 2 rings (SSSR count). The molecular weight excluding hydrogens is 286 g/mol. The van der Waals surface area contributed by atoms with Crippen molar-refractivity contribution in [2.45, 2.75) is 52.5 Å². The Morgan fingerprint density at radius 2 is 1.83 bits per heavy atom. The van der Waals surface area contributed by atoms with Crippen molar-refractivity contribution in [3.63, 3.8) is 0 Å². The molecule has 23 heavy (non-hydrogen) atoms. The summed E-state index contributed by atoms with van der Waals surface area (Å²) < 4.78 is 0. The van der Waals surface area contributed by atoms with Gasteiger partial charge in [-0.3, -0.25) is 9.89 Å². The molecule has 1 aliphatic heterocycles. The third-order valence-electron chi connectivity index (χ3n) is 5.81. The van der Waals surface area contributed by atoms with Crippen LogP contribution in [0, 0.1) is 5.41 Å². The summed E-state index contributed by atoms with van der Waals surface area (Å²) in [4.78, 5) is 9.86. The predicted octanol–water partition coefficient (Wildman–Crippen LogP) is 1.76. The molecule has 0 radical (unpaired) electrons. The van der Waals surface area contributed by atoms with Crippen molar-refractivity contribution in [1.82, 2.24) is 20.4 Å². The van der Waals surface area contributed by atoms with E-state index in [0.717, 1.165) is 25.6 Å².